The first-order valence-electron chi connectivity index (χ1n) is 8.57. The molecule has 0 radical (unpaired) electrons. The summed E-state index contributed by atoms with van der Waals surface area (Å²) >= 11 is 0. The van der Waals surface area contributed by atoms with E-state index in [4.69, 9.17) is 4.74 Å². The van der Waals surface area contributed by atoms with Gasteiger partial charge >= 0.3 is 0 Å². The van der Waals surface area contributed by atoms with Crippen molar-refractivity contribution in [1.29, 1.82) is 0 Å². The SMILES string of the molecule is CCCCCCCCCCn1cnc(CNCCOC)c1. The second-order valence-electron chi connectivity index (χ2n) is 5.75. The molecule has 122 valence electrons. The maximum atomic E-state index is 5.00. The van der Waals surface area contributed by atoms with Crippen LogP contribution in [0.5, 0.6) is 0 Å². The molecule has 0 aliphatic rings. The van der Waals surface area contributed by atoms with E-state index in [-0.39, 0.29) is 0 Å². The van der Waals surface area contributed by atoms with E-state index in [0.29, 0.717) is 0 Å². The number of nitrogens with one attached hydrogen (secondary N) is 1. The number of unbranched alkanes of at least 4 members (excludes halogenated alkanes) is 7. The molecule has 4 nitrogen and oxygen atoms in total. The summed E-state index contributed by atoms with van der Waals surface area (Å²) in [5.74, 6) is 0. The van der Waals surface area contributed by atoms with E-state index in [9.17, 15) is 0 Å². The Bertz CT molecular complexity index is 339. The second kappa shape index (κ2) is 12.8. The molecular formula is C17H33N3O. The Kier molecular flexibility index (Phi) is 11.1. The van der Waals surface area contributed by atoms with Crippen molar-refractivity contribution in [2.75, 3.05) is 20.3 Å². The van der Waals surface area contributed by atoms with Crippen molar-refractivity contribution < 1.29 is 4.74 Å². The minimum atomic E-state index is 0.749. The zero-order valence-electron chi connectivity index (χ0n) is 13.9. The lowest BCUT2D eigenvalue weighted by Crippen LogP contribution is -2.18. The van der Waals surface area contributed by atoms with Gasteiger partial charge in [-0.1, -0.05) is 51.9 Å². The topological polar surface area (TPSA) is 39.1 Å². The van der Waals surface area contributed by atoms with E-state index in [2.05, 4.69) is 28.0 Å². The summed E-state index contributed by atoms with van der Waals surface area (Å²) in [7, 11) is 1.72. The molecule has 1 aromatic rings. The first-order chi connectivity index (χ1) is 10.4. The zero-order valence-corrected chi connectivity index (χ0v) is 13.9. The second-order valence-corrected chi connectivity index (χ2v) is 5.75. The van der Waals surface area contributed by atoms with Crippen LogP contribution in [0.1, 0.15) is 64.0 Å². The summed E-state index contributed by atoms with van der Waals surface area (Å²) in [5, 5.41) is 3.32. The average Bonchev–Trinajstić information content (AvgIpc) is 2.94. The number of imidazole rings is 1. The Hall–Kier alpha value is -0.870. The molecule has 0 saturated heterocycles. The van der Waals surface area contributed by atoms with Gasteiger partial charge in [-0.25, -0.2) is 4.98 Å². The molecule has 0 atom stereocenters. The van der Waals surface area contributed by atoms with Crippen LogP contribution in [0.4, 0.5) is 0 Å². The quantitative estimate of drug-likeness (QED) is 0.531. The standard InChI is InChI=1S/C17H33N3O/c1-3-4-5-6-7-8-9-10-12-20-15-17(19-16-20)14-18-11-13-21-2/h15-16,18H,3-14H2,1-2H3. The molecule has 4 heteroatoms. The minimum Gasteiger partial charge on any atom is -0.383 e. The fourth-order valence-electron chi connectivity index (χ4n) is 2.44. The van der Waals surface area contributed by atoms with Gasteiger partial charge in [-0.05, 0) is 6.42 Å². The van der Waals surface area contributed by atoms with Crippen molar-refractivity contribution in [2.24, 2.45) is 0 Å². The van der Waals surface area contributed by atoms with E-state index in [1.807, 2.05) is 6.33 Å². The van der Waals surface area contributed by atoms with Gasteiger partial charge in [0.2, 0.25) is 0 Å². The molecule has 0 spiro atoms. The third-order valence-electron chi connectivity index (χ3n) is 3.75. The molecule has 1 rings (SSSR count). The molecule has 0 unspecified atom stereocenters. The summed E-state index contributed by atoms with van der Waals surface area (Å²) < 4.78 is 7.22. The summed E-state index contributed by atoms with van der Waals surface area (Å²) in [6.07, 6.45) is 15.1. The van der Waals surface area contributed by atoms with Crippen LogP contribution < -0.4 is 5.32 Å². The van der Waals surface area contributed by atoms with Crippen molar-refractivity contribution in [3.63, 3.8) is 0 Å². The van der Waals surface area contributed by atoms with Crippen LogP contribution in [-0.2, 0) is 17.8 Å². The van der Waals surface area contributed by atoms with Crippen LogP contribution in [-0.4, -0.2) is 29.8 Å². The van der Waals surface area contributed by atoms with Gasteiger partial charge in [0, 0.05) is 32.9 Å². The lowest BCUT2D eigenvalue weighted by atomic mass is 10.1. The molecule has 0 saturated carbocycles. The lowest BCUT2D eigenvalue weighted by Gasteiger charge is -2.03. The molecule has 1 heterocycles. The molecule has 0 aromatic carbocycles. The summed E-state index contributed by atoms with van der Waals surface area (Å²) in [6.45, 7) is 5.82. The number of aryl methyl sites for hydroxylation is 1. The van der Waals surface area contributed by atoms with E-state index in [1.165, 1.54) is 51.4 Å². The molecule has 0 fully saturated rings. The van der Waals surface area contributed by atoms with Crippen molar-refractivity contribution in [3.05, 3.63) is 18.2 Å². The van der Waals surface area contributed by atoms with Crippen molar-refractivity contribution in [2.45, 2.75) is 71.4 Å². The lowest BCUT2D eigenvalue weighted by molar-refractivity contribution is 0.199. The normalized spacial score (nSPS) is 11.1. The van der Waals surface area contributed by atoms with Gasteiger partial charge in [0.15, 0.2) is 0 Å². The van der Waals surface area contributed by atoms with E-state index < -0.39 is 0 Å². The van der Waals surface area contributed by atoms with Crippen LogP contribution in [0.15, 0.2) is 12.5 Å². The fraction of sp³-hybridized carbons (Fsp3) is 0.824. The summed E-state index contributed by atoms with van der Waals surface area (Å²) in [4.78, 5) is 4.42. The maximum absolute atomic E-state index is 5.00. The first-order valence-corrected chi connectivity index (χ1v) is 8.57. The van der Waals surface area contributed by atoms with E-state index >= 15 is 0 Å². The largest absolute Gasteiger partial charge is 0.383 e. The monoisotopic (exact) mass is 295 g/mol. The van der Waals surface area contributed by atoms with Gasteiger partial charge in [0.1, 0.15) is 0 Å². The Balaban J connectivity index is 1.98. The molecule has 0 amide bonds. The number of hydrogen-bond donors (Lipinski definition) is 1. The third-order valence-corrected chi connectivity index (χ3v) is 3.75. The fourth-order valence-corrected chi connectivity index (χ4v) is 2.44. The summed E-state index contributed by atoms with van der Waals surface area (Å²) in [5.41, 5.74) is 1.12. The highest BCUT2D eigenvalue weighted by molar-refractivity contribution is 4.95. The molecule has 1 N–H and O–H groups in total. The van der Waals surface area contributed by atoms with Crippen LogP contribution in [0.3, 0.4) is 0 Å². The van der Waals surface area contributed by atoms with Gasteiger partial charge in [0.25, 0.3) is 0 Å². The van der Waals surface area contributed by atoms with Crippen LogP contribution in [0.25, 0.3) is 0 Å². The van der Waals surface area contributed by atoms with Crippen LogP contribution in [0, 0.1) is 0 Å². The van der Waals surface area contributed by atoms with E-state index in [1.54, 1.807) is 7.11 Å². The zero-order chi connectivity index (χ0) is 15.2. The van der Waals surface area contributed by atoms with Gasteiger partial charge in [-0.3, -0.25) is 0 Å². The number of rotatable bonds is 14. The Morgan fingerprint density at radius 3 is 2.52 bits per heavy atom. The highest BCUT2D eigenvalue weighted by Gasteiger charge is 1.98. The third kappa shape index (κ3) is 9.64. The van der Waals surface area contributed by atoms with E-state index in [0.717, 1.165) is 31.9 Å². The number of methoxy groups -OCH3 is 1. The summed E-state index contributed by atoms with van der Waals surface area (Å²) in [6, 6.07) is 0. The number of ether oxygens (including phenoxy) is 1. The number of aromatic nitrogens is 2. The van der Waals surface area contributed by atoms with Crippen molar-refractivity contribution in [3.8, 4) is 0 Å². The van der Waals surface area contributed by atoms with Crippen molar-refractivity contribution in [1.82, 2.24) is 14.9 Å². The Morgan fingerprint density at radius 2 is 1.81 bits per heavy atom. The first kappa shape index (κ1) is 18.2. The Labute approximate surface area is 130 Å². The molecule has 21 heavy (non-hydrogen) atoms. The predicted octanol–water partition coefficient (Wildman–Crippen LogP) is 3.76. The number of nitrogens with zero attached hydrogens (tertiary/aromatic N) is 2. The number of hydrogen-bond acceptors (Lipinski definition) is 3. The van der Waals surface area contributed by atoms with Gasteiger partial charge in [-0.15, -0.1) is 0 Å². The molecule has 0 aliphatic carbocycles. The predicted molar refractivity (Wildman–Crippen MR) is 88.4 cm³/mol. The highest BCUT2D eigenvalue weighted by Crippen LogP contribution is 2.09. The van der Waals surface area contributed by atoms with Gasteiger partial charge in [-0.2, -0.15) is 0 Å². The molecule has 1 aromatic heterocycles. The minimum absolute atomic E-state index is 0.749. The molecular weight excluding hydrogens is 262 g/mol. The molecule has 0 aliphatic heterocycles. The van der Waals surface area contributed by atoms with Gasteiger partial charge < -0.3 is 14.6 Å². The average molecular weight is 295 g/mol. The van der Waals surface area contributed by atoms with Crippen LogP contribution in [0.2, 0.25) is 0 Å². The Morgan fingerprint density at radius 1 is 1.10 bits per heavy atom. The maximum Gasteiger partial charge on any atom is 0.0949 e. The van der Waals surface area contributed by atoms with Gasteiger partial charge in [0.05, 0.1) is 18.6 Å². The molecule has 0 bridgehead atoms. The van der Waals surface area contributed by atoms with Crippen LogP contribution >= 0.6 is 0 Å². The van der Waals surface area contributed by atoms with Crippen molar-refractivity contribution >= 4 is 0 Å². The smallest absolute Gasteiger partial charge is 0.0949 e. The highest BCUT2D eigenvalue weighted by atomic mass is 16.5.